The summed E-state index contributed by atoms with van der Waals surface area (Å²) in [5.74, 6) is 0.681. The lowest BCUT2D eigenvalue weighted by Gasteiger charge is -2.08. The average molecular weight is 338 g/mol. The lowest BCUT2D eigenvalue weighted by atomic mass is 10.5. The molecule has 1 aromatic heterocycles. The number of methoxy groups -OCH3 is 1. The SMILES string of the molecule is C=CNC(=C)/C(Cl)=N\C(C)/N=C(\N=C)Nc1cn(C)nc1OC. The van der Waals surface area contributed by atoms with Gasteiger partial charge in [0.05, 0.1) is 19.0 Å². The van der Waals surface area contributed by atoms with Crippen molar-refractivity contribution >= 4 is 35.1 Å². The summed E-state index contributed by atoms with van der Waals surface area (Å²) in [6, 6.07) is 0. The Morgan fingerprint density at radius 3 is 2.78 bits per heavy atom. The molecule has 0 saturated heterocycles. The van der Waals surface area contributed by atoms with E-state index in [9.17, 15) is 0 Å². The summed E-state index contributed by atoms with van der Waals surface area (Å²) >= 11 is 6.01. The van der Waals surface area contributed by atoms with Crippen molar-refractivity contribution in [3.63, 3.8) is 0 Å². The van der Waals surface area contributed by atoms with Gasteiger partial charge in [0.1, 0.15) is 17.0 Å². The fraction of sp³-hybridized carbons (Fsp3) is 0.286. The molecule has 0 fully saturated rings. The van der Waals surface area contributed by atoms with Crippen LogP contribution in [0.1, 0.15) is 6.92 Å². The van der Waals surface area contributed by atoms with Crippen molar-refractivity contribution in [1.82, 2.24) is 15.1 Å². The Hall–Kier alpha value is -2.61. The van der Waals surface area contributed by atoms with Gasteiger partial charge in [-0.3, -0.25) is 4.68 Å². The predicted octanol–water partition coefficient (Wildman–Crippen LogP) is 2.13. The summed E-state index contributed by atoms with van der Waals surface area (Å²) in [6.45, 7) is 12.5. The molecule has 2 N–H and O–H groups in total. The van der Waals surface area contributed by atoms with Crippen molar-refractivity contribution in [3.8, 4) is 5.88 Å². The first-order chi connectivity index (χ1) is 10.9. The van der Waals surface area contributed by atoms with Gasteiger partial charge in [0.25, 0.3) is 5.88 Å². The molecule has 8 nitrogen and oxygen atoms in total. The van der Waals surface area contributed by atoms with Crippen LogP contribution in [0, 0.1) is 0 Å². The van der Waals surface area contributed by atoms with Gasteiger partial charge in [-0.2, -0.15) is 0 Å². The lowest BCUT2D eigenvalue weighted by molar-refractivity contribution is 0.393. The quantitative estimate of drug-likeness (QED) is 0.589. The van der Waals surface area contributed by atoms with Crippen molar-refractivity contribution in [3.05, 3.63) is 31.3 Å². The summed E-state index contributed by atoms with van der Waals surface area (Å²) < 4.78 is 6.75. The van der Waals surface area contributed by atoms with E-state index < -0.39 is 6.17 Å². The molecule has 0 aliphatic rings. The van der Waals surface area contributed by atoms with E-state index in [2.05, 4.69) is 50.6 Å². The van der Waals surface area contributed by atoms with E-state index in [1.165, 1.54) is 13.3 Å². The second-order valence-corrected chi connectivity index (χ2v) is 4.70. The van der Waals surface area contributed by atoms with Crippen molar-refractivity contribution in [2.75, 3.05) is 12.4 Å². The van der Waals surface area contributed by atoms with E-state index >= 15 is 0 Å². The smallest absolute Gasteiger partial charge is 0.256 e. The van der Waals surface area contributed by atoms with Crippen LogP contribution < -0.4 is 15.4 Å². The highest BCUT2D eigenvalue weighted by Crippen LogP contribution is 2.21. The highest BCUT2D eigenvalue weighted by molar-refractivity contribution is 6.69. The topological polar surface area (TPSA) is 88.2 Å². The maximum absolute atomic E-state index is 6.01. The molecular weight excluding hydrogens is 318 g/mol. The lowest BCUT2D eigenvalue weighted by Crippen LogP contribution is -2.14. The Labute approximate surface area is 140 Å². The van der Waals surface area contributed by atoms with E-state index in [1.807, 2.05) is 0 Å². The van der Waals surface area contributed by atoms with Gasteiger partial charge >= 0.3 is 0 Å². The molecule has 0 radical (unpaired) electrons. The first kappa shape index (κ1) is 18.4. The number of nitrogens with zero attached hydrogens (tertiary/aromatic N) is 5. The number of hydrogen-bond acceptors (Lipinski definition) is 5. The number of aromatic nitrogens is 2. The molecule has 0 aliphatic carbocycles. The Bertz CT molecular complexity index is 648. The van der Waals surface area contributed by atoms with Crippen LogP contribution in [0.4, 0.5) is 5.69 Å². The third kappa shape index (κ3) is 5.59. The molecule has 1 aromatic rings. The number of anilines is 1. The average Bonchev–Trinajstić information content (AvgIpc) is 2.86. The predicted molar refractivity (Wildman–Crippen MR) is 95.6 cm³/mol. The minimum absolute atomic E-state index is 0.198. The molecule has 1 heterocycles. The van der Waals surface area contributed by atoms with Crippen molar-refractivity contribution < 1.29 is 4.74 Å². The molecule has 0 spiro atoms. The summed E-state index contributed by atoms with van der Waals surface area (Å²) in [7, 11) is 3.30. The number of rotatable bonds is 7. The zero-order valence-corrected chi connectivity index (χ0v) is 14.1. The number of aryl methyl sites for hydroxylation is 1. The number of allylic oxidation sites excluding steroid dienone is 1. The van der Waals surface area contributed by atoms with Crippen LogP contribution in [-0.4, -0.2) is 40.9 Å². The Morgan fingerprint density at radius 2 is 2.22 bits per heavy atom. The van der Waals surface area contributed by atoms with E-state index in [0.717, 1.165) is 0 Å². The molecule has 1 atom stereocenters. The van der Waals surface area contributed by atoms with Gasteiger partial charge in [-0.25, -0.2) is 15.0 Å². The number of aliphatic imine (C=N–C) groups is 3. The van der Waals surface area contributed by atoms with Gasteiger partial charge in [0.2, 0.25) is 5.96 Å². The summed E-state index contributed by atoms with van der Waals surface area (Å²) in [4.78, 5) is 12.3. The second-order valence-electron chi connectivity index (χ2n) is 4.34. The Morgan fingerprint density at radius 1 is 1.52 bits per heavy atom. The number of ether oxygens (including phenoxy) is 1. The van der Waals surface area contributed by atoms with E-state index in [1.54, 1.807) is 24.9 Å². The van der Waals surface area contributed by atoms with Gasteiger partial charge in [-0.15, -0.1) is 5.10 Å². The molecule has 0 aromatic carbocycles. The number of hydrogen-bond donors (Lipinski definition) is 2. The third-order valence-corrected chi connectivity index (χ3v) is 2.84. The van der Waals surface area contributed by atoms with E-state index in [4.69, 9.17) is 16.3 Å². The van der Waals surface area contributed by atoms with Gasteiger partial charge < -0.3 is 15.4 Å². The molecule has 1 rings (SSSR count). The normalized spacial score (nSPS) is 13.2. The first-order valence-corrected chi connectivity index (χ1v) is 6.98. The maximum Gasteiger partial charge on any atom is 0.256 e. The van der Waals surface area contributed by atoms with Gasteiger partial charge in [-0.1, -0.05) is 24.8 Å². The van der Waals surface area contributed by atoms with Gasteiger partial charge in [0.15, 0.2) is 0 Å². The monoisotopic (exact) mass is 337 g/mol. The number of halogens is 1. The van der Waals surface area contributed by atoms with Crippen molar-refractivity contribution in [2.24, 2.45) is 22.0 Å². The number of guanidine groups is 1. The van der Waals surface area contributed by atoms with E-state index in [0.29, 0.717) is 17.3 Å². The van der Waals surface area contributed by atoms with E-state index in [-0.39, 0.29) is 11.1 Å². The highest BCUT2D eigenvalue weighted by atomic mass is 35.5. The first-order valence-electron chi connectivity index (χ1n) is 6.60. The number of nitrogens with one attached hydrogen (secondary N) is 2. The van der Waals surface area contributed by atoms with Crippen LogP contribution in [0.5, 0.6) is 5.88 Å². The molecule has 0 bridgehead atoms. The van der Waals surface area contributed by atoms with Crippen LogP contribution in [0.15, 0.2) is 46.2 Å². The van der Waals surface area contributed by atoms with Crippen molar-refractivity contribution in [2.45, 2.75) is 13.1 Å². The Kier molecular flexibility index (Phi) is 7.01. The van der Waals surface area contributed by atoms with Crippen LogP contribution >= 0.6 is 11.6 Å². The van der Waals surface area contributed by atoms with Crippen LogP contribution in [0.2, 0.25) is 0 Å². The Balaban J connectivity index is 2.89. The summed E-state index contributed by atoms with van der Waals surface area (Å²) in [5.41, 5.74) is 1.04. The van der Waals surface area contributed by atoms with Crippen LogP contribution in [0.3, 0.4) is 0 Å². The standard InChI is InChI=1S/C14H20ClN7O/c1-7-17-9(2)12(15)18-10(3)19-14(16-4)20-11-8-22(5)21-13(11)23-6/h7-8,10,17H,1-2,4H2,3,5-6H3,(H,19,20)/b18-12+. The molecule has 124 valence electrons. The third-order valence-electron chi connectivity index (χ3n) is 2.52. The zero-order valence-electron chi connectivity index (χ0n) is 13.4. The second kappa shape index (κ2) is 8.74. The fourth-order valence-electron chi connectivity index (χ4n) is 1.57. The fourth-order valence-corrected chi connectivity index (χ4v) is 1.76. The molecular formula is C14H20ClN7O. The van der Waals surface area contributed by atoms with Gasteiger partial charge in [-0.05, 0) is 19.8 Å². The van der Waals surface area contributed by atoms with Gasteiger partial charge in [0, 0.05) is 7.05 Å². The molecule has 1 unspecified atom stereocenters. The van der Waals surface area contributed by atoms with Crippen LogP contribution in [-0.2, 0) is 7.05 Å². The molecule has 0 amide bonds. The molecule has 9 heteroatoms. The molecule has 0 aliphatic heterocycles. The maximum atomic E-state index is 6.01. The summed E-state index contributed by atoms with van der Waals surface area (Å²) in [6.07, 6.45) is 2.69. The van der Waals surface area contributed by atoms with Crippen molar-refractivity contribution in [1.29, 1.82) is 0 Å². The minimum atomic E-state index is -0.499. The highest BCUT2D eigenvalue weighted by Gasteiger charge is 2.10. The molecule has 23 heavy (non-hydrogen) atoms. The summed E-state index contributed by atoms with van der Waals surface area (Å²) in [5, 5.41) is 10.1. The van der Waals surface area contributed by atoms with Crippen LogP contribution in [0.25, 0.3) is 0 Å². The minimum Gasteiger partial charge on any atom is -0.478 e. The largest absolute Gasteiger partial charge is 0.478 e. The zero-order chi connectivity index (χ0) is 17.4. The molecule has 0 saturated carbocycles.